The predicted molar refractivity (Wildman–Crippen MR) is 52.6 cm³/mol. The minimum absolute atomic E-state index is 0.0693. The Morgan fingerprint density at radius 2 is 2.07 bits per heavy atom. The zero-order chi connectivity index (χ0) is 10.1. The summed E-state index contributed by atoms with van der Waals surface area (Å²) < 4.78 is 0. The van der Waals surface area contributed by atoms with E-state index in [0.29, 0.717) is 6.54 Å². The molecule has 14 heavy (non-hydrogen) atoms. The number of hydrogen-bond acceptors (Lipinski definition) is 3. The fourth-order valence-corrected chi connectivity index (χ4v) is 2.56. The monoisotopic (exact) mass is 198 g/mol. The largest absolute Gasteiger partial charge is 0.391 e. The number of nitrogens with zero attached hydrogens (tertiary/aromatic N) is 1. The van der Waals surface area contributed by atoms with Gasteiger partial charge in [-0.1, -0.05) is 12.8 Å². The Morgan fingerprint density at radius 3 is 2.64 bits per heavy atom. The van der Waals surface area contributed by atoms with Crippen LogP contribution in [0, 0.1) is 0 Å². The van der Waals surface area contributed by atoms with Gasteiger partial charge in [-0.2, -0.15) is 0 Å². The van der Waals surface area contributed by atoms with Crippen LogP contribution in [0.15, 0.2) is 0 Å². The molecule has 1 saturated heterocycles. The van der Waals surface area contributed by atoms with Crippen LogP contribution >= 0.6 is 0 Å². The molecular formula is C10H18N2O2. The van der Waals surface area contributed by atoms with E-state index in [0.717, 1.165) is 19.3 Å². The van der Waals surface area contributed by atoms with E-state index in [-0.39, 0.29) is 24.4 Å². The quantitative estimate of drug-likeness (QED) is 0.615. The van der Waals surface area contributed by atoms with Crippen molar-refractivity contribution in [3.8, 4) is 0 Å². The van der Waals surface area contributed by atoms with Crippen molar-refractivity contribution in [1.29, 1.82) is 0 Å². The SMILES string of the molecule is NC1CCCCC1N1CC(O)CC1=O. The number of carbonyl (C=O) groups is 1. The van der Waals surface area contributed by atoms with Gasteiger partial charge in [-0.25, -0.2) is 0 Å². The third-order valence-corrected chi connectivity index (χ3v) is 3.32. The van der Waals surface area contributed by atoms with E-state index in [1.165, 1.54) is 6.42 Å². The Labute approximate surface area is 84.1 Å². The van der Waals surface area contributed by atoms with E-state index in [1.807, 2.05) is 0 Å². The number of carbonyl (C=O) groups excluding carboxylic acids is 1. The third-order valence-electron chi connectivity index (χ3n) is 3.32. The highest BCUT2D eigenvalue weighted by atomic mass is 16.3. The lowest BCUT2D eigenvalue weighted by molar-refractivity contribution is -0.130. The Hall–Kier alpha value is -0.610. The first-order valence-electron chi connectivity index (χ1n) is 5.41. The zero-order valence-corrected chi connectivity index (χ0v) is 8.35. The minimum Gasteiger partial charge on any atom is -0.391 e. The van der Waals surface area contributed by atoms with Crippen molar-refractivity contribution >= 4 is 5.91 Å². The lowest BCUT2D eigenvalue weighted by Crippen LogP contribution is -2.50. The topological polar surface area (TPSA) is 66.6 Å². The van der Waals surface area contributed by atoms with Gasteiger partial charge in [-0.3, -0.25) is 4.79 Å². The van der Waals surface area contributed by atoms with E-state index in [2.05, 4.69) is 0 Å². The summed E-state index contributed by atoms with van der Waals surface area (Å²) in [5.41, 5.74) is 5.99. The van der Waals surface area contributed by atoms with E-state index in [4.69, 9.17) is 5.73 Å². The number of hydrogen-bond donors (Lipinski definition) is 2. The Bertz CT molecular complexity index is 232. The van der Waals surface area contributed by atoms with Crippen molar-refractivity contribution in [2.45, 2.75) is 50.3 Å². The smallest absolute Gasteiger partial charge is 0.225 e. The molecule has 2 rings (SSSR count). The normalized spacial score (nSPS) is 39.1. The van der Waals surface area contributed by atoms with Crippen LogP contribution in [0.25, 0.3) is 0 Å². The van der Waals surface area contributed by atoms with E-state index >= 15 is 0 Å². The zero-order valence-electron chi connectivity index (χ0n) is 8.35. The van der Waals surface area contributed by atoms with Gasteiger partial charge >= 0.3 is 0 Å². The first kappa shape index (κ1) is 9.93. The van der Waals surface area contributed by atoms with E-state index < -0.39 is 6.10 Å². The second-order valence-electron chi connectivity index (χ2n) is 4.42. The van der Waals surface area contributed by atoms with Crippen molar-refractivity contribution in [2.24, 2.45) is 5.73 Å². The first-order chi connectivity index (χ1) is 6.68. The van der Waals surface area contributed by atoms with Crippen molar-refractivity contribution in [3.63, 3.8) is 0 Å². The van der Waals surface area contributed by atoms with Gasteiger partial charge < -0.3 is 15.7 Å². The lowest BCUT2D eigenvalue weighted by atomic mass is 9.90. The fourth-order valence-electron chi connectivity index (χ4n) is 2.56. The van der Waals surface area contributed by atoms with Crippen LogP contribution in [-0.4, -0.2) is 40.6 Å². The highest BCUT2D eigenvalue weighted by Crippen LogP contribution is 2.25. The molecule has 4 heteroatoms. The minimum atomic E-state index is -0.475. The van der Waals surface area contributed by atoms with Gasteiger partial charge in [0.15, 0.2) is 0 Å². The number of β-amino-alcohol motifs (C(OH)–C–C–N with tert-alkyl or cyclic N) is 1. The molecule has 0 spiro atoms. The average Bonchev–Trinajstić information content (AvgIpc) is 2.46. The molecular weight excluding hydrogens is 180 g/mol. The van der Waals surface area contributed by atoms with Crippen LogP contribution in [-0.2, 0) is 4.79 Å². The number of likely N-dealkylation sites (tertiary alicyclic amines) is 1. The Balaban J connectivity index is 2.02. The molecule has 1 heterocycles. The van der Waals surface area contributed by atoms with Crippen LogP contribution in [0.2, 0.25) is 0 Å². The summed E-state index contributed by atoms with van der Waals surface area (Å²) >= 11 is 0. The summed E-state index contributed by atoms with van der Waals surface area (Å²) in [6.07, 6.45) is 4.13. The molecule has 4 nitrogen and oxygen atoms in total. The van der Waals surface area contributed by atoms with Gasteiger partial charge in [-0.05, 0) is 12.8 Å². The Morgan fingerprint density at radius 1 is 1.36 bits per heavy atom. The van der Waals surface area contributed by atoms with E-state index in [1.54, 1.807) is 4.90 Å². The number of rotatable bonds is 1. The molecule has 0 bridgehead atoms. The summed E-state index contributed by atoms with van der Waals surface area (Å²) in [6.45, 7) is 0.483. The van der Waals surface area contributed by atoms with Gasteiger partial charge in [0, 0.05) is 18.6 Å². The maximum Gasteiger partial charge on any atom is 0.225 e. The molecule has 2 fully saturated rings. The molecule has 3 N–H and O–H groups in total. The first-order valence-corrected chi connectivity index (χ1v) is 5.41. The van der Waals surface area contributed by atoms with Crippen LogP contribution in [0.3, 0.4) is 0 Å². The molecule has 0 aromatic heterocycles. The van der Waals surface area contributed by atoms with Gasteiger partial charge in [0.05, 0.1) is 12.5 Å². The van der Waals surface area contributed by atoms with Gasteiger partial charge in [0.25, 0.3) is 0 Å². The molecule has 0 radical (unpaired) electrons. The molecule has 1 aliphatic heterocycles. The molecule has 80 valence electrons. The molecule has 1 amide bonds. The molecule has 0 aromatic rings. The van der Waals surface area contributed by atoms with Gasteiger partial charge in [0.2, 0.25) is 5.91 Å². The van der Waals surface area contributed by atoms with Crippen LogP contribution in [0.1, 0.15) is 32.1 Å². The summed E-state index contributed by atoms with van der Waals surface area (Å²) in [5, 5.41) is 9.38. The second-order valence-corrected chi connectivity index (χ2v) is 4.42. The maximum absolute atomic E-state index is 11.5. The van der Waals surface area contributed by atoms with Crippen molar-refractivity contribution < 1.29 is 9.90 Å². The van der Waals surface area contributed by atoms with Crippen LogP contribution < -0.4 is 5.73 Å². The number of nitrogens with two attached hydrogens (primary N) is 1. The molecule has 3 atom stereocenters. The van der Waals surface area contributed by atoms with E-state index in [9.17, 15) is 9.90 Å². The van der Waals surface area contributed by atoms with Gasteiger partial charge in [0.1, 0.15) is 0 Å². The fraction of sp³-hybridized carbons (Fsp3) is 0.900. The van der Waals surface area contributed by atoms with Crippen molar-refractivity contribution in [2.75, 3.05) is 6.54 Å². The molecule has 1 saturated carbocycles. The van der Waals surface area contributed by atoms with Crippen LogP contribution in [0.5, 0.6) is 0 Å². The van der Waals surface area contributed by atoms with Crippen LogP contribution in [0.4, 0.5) is 0 Å². The number of aliphatic hydroxyl groups is 1. The summed E-state index contributed by atoms with van der Waals surface area (Å²) in [4.78, 5) is 13.3. The Kier molecular flexibility index (Phi) is 2.74. The molecule has 0 aromatic carbocycles. The standard InChI is InChI=1S/C10H18N2O2/c11-8-3-1-2-4-9(8)12-6-7(13)5-10(12)14/h7-9,13H,1-6,11H2. The number of aliphatic hydroxyl groups excluding tert-OH is 1. The van der Waals surface area contributed by atoms with Crippen molar-refractivity contribution in [3.05, 3.63) is 0 Å². The molecule has 1 aliphatic carbocycles. The summed E-state index contributed by atoms with van der Waals surface area (Å²) in [7, 11) is 0. The molecule has 3 unspecified atom stereocenters. The average molecular weight is 198 g/mol. The highest BCUT2D eigenvalue weighted by molar-refractivity contribution is 5.79. The number of amides is 1. The maximum atomic E-state index is 11.5. The predicted octanol–water partition coefficient (Wildman–Crippen LogP) is -0.151. The molecule has 2 aliphatic rings. The van der Waals surface area contributed by atoms with Crippen molar-refractivity contribution in [1.82, 2.24) is 4.90 Å². The van der Waals surface area contributed by atoms with Gasteiger partial charge in [-0.15, -0.1) is 0 Å². The highest BCUT2D eigenvalue weighted by Gasteiger charge is 2.36. The lowest BCUT2D eigenvalue weighted by Gasteiger charge is -2.35. The third kappa shape index (κ3) is 1.77. The summed E-state index contributed by atoms with van der Waals surface area (Å²) in [5.74, 6) is 0.0693. The second kappa shape index (κ2) is 3.87. The summed E-state index contributed by atoms with van der Waals surface area (Å²) in [6, 6.07) is 0.284.